The van der Waals surface area contributed by atoms with Crippen molar-refractivity contribution in [1.29, 1.82) is 0 Å². The van der Waals surface area contributed by atoms with Crippen LogP contribution < -0.4 is 4.74 Å². The van der Waals surface area contributed by atoms with Gasteiger partial charge in [-0.2, -0.15) is 0 Å². The largest absolute Gasteiger partial charge is 0.513 e. The lowest BCUT2D eigenvalue weighted by atomic mass is 9.93. The maximum Gasteiger partial charge on any atom is 0.513 e. The van der Waals surface area contributed by atoms with E-state index < -0.39 is 12.1 Å². The van der Waals surface area contributed by atoms with Crippen LogP contribution in [0, 0.1) is 5.92 Å². The van der Waals surface area contributed by atoms with Gasteiger partial charge in [-0.1, -0.05) is 38.3 Å². The molecule has 6 heteroatoms. The molecule has 1 rings (SSSR count). The van der Waals surface area contributed by atoms with Gasteiger partial charge in [-0.3, -0.25) is 0 Å². The lowest BCUT2D eigenvalue weighted by Gasteiger charge is -2.17. The fourth-order valence-electron chi connectivity index (χ4n) is 2.29. The molecule has 22 heavy (non-hydrogen) atoms. The van der Waals surface area contributed by atoms with E-state index in [-0.39, 0.29) is 28.9 Å². The van der Waals surface area contributed by atoms with Crippen molar-refractivity contribution >= 4 is 23.7 Å². The van der Waals surface area contributed by atoms with E-state index in [1.54, 1.807) is 6.92 Å². The van der Waals surface area contributed by atoms with Gasteiger partial charge in [0.2, 0.25) is 0 Å². The molecule has 5 nitrogen and oxygen atoms in total. The summed E-state index contributed by atoms with van der Waals surface area (Å²) >= 11 is 6.09. The summed E-state index contributed by atoms with van der Waals surface area (Å²) in [6.07, 6.45) is 1.49. The summed E-state index contributed by atoms with van der Waals surface area (Å²) in [5.74, 6) is -0.766. The Hall–Kier alpha value is -1.75. The molecule has 1 aromatic carbocycles. The Bertz CT molecular complexity index is 542. The van der Waals surface area contributed by atoms with Crippen molar-refractivity contribution in [2.75, 3.05) is 6.61 Å². The molecule has 0 saturated carbocycles. The molecule has 0 spiro atoms. The molecule has 0 amide bonds. The van der Waals surface area contributed by atoms with Crippen molar-refractivity contribution in [2.45, 2.75) is 40.0 Å². The maximum atomic E-state index is 11.6. The van der Waals surface area contributed by atoms with Gasteiger partial charge in [0.15, 0.2) is 5.75 Å². The number of ether oxygens (including phenoxy) is 2. The molecule has 0 radical (unpaired) electrons. The van der Waals surface area contributed by atoms with Crippen LogP contribution in [0.25, 0.3) is 0 Å². The molecule has 1 atom stereocenters. The van der Waals surface area contributed by atoms with Crippen molar-refractivity contribution in [3.05, 3.63) is 28.3 Å². The number of hydrogen-bond donors (Lipinski definition) is 1. The third-order valence-electron chi connectivity index (χ3n) is 3.22. The summed E-state index contributed by atoms with van der Waals surface area (Å²) in [7, 11) is 0. The number of carbonyl (C=O) groups is 2. The molecule has 0 aliphatic rings. The van der Waals surface area contributed by atoms with Gasteiger partial charge in [0.05, 0.1) is 17.2 Å². The van der Waals surface area contributed by atoms with Crippen LogP contribution in [0.5, 0.6) is 5.75 Å². The summed E-state index contributed by atoms with van der Waals surface area (Å²) in [6, 6.07) is 2.84. The molecule has 0 aliphatic carbocycles. The number of rotatable bonds is 7. The molecule has 0 aromatic heterocycles. The highest BCUT2D eigenvalue weighted by molar-refractivity contribution is 6.32. The Morgan fingerprint density at radius 1 is 1.32 bits per heavy atom. The van der Waals surface area contributed by atoms with Gasteiger partial charge in [0.1, 0.15) is 0 Å². The zero-order valence-electron chi connectivity index (χ0n) is 13.0. The molecule has 1 N–H and O–H groups in total. The fraction of sp³-hybridized carbons (Fsp3) is 0.500. The van der Waals surface area contributed by atoms with E-state index >= 15 is 0 Å². The van der Waals surface area contributed by atoms with E-state index in [9.17, 15) is 14.7 Å². The van der Waals surface area contributed by atoms with E-state index in [0.717, 1.165) is 12.8 Å². The molecule has 0 heterocycles. The van der Waals surface area contributed by atoms with Gasteiger partial charge in [-0.25, -0.2) is 9.59 Å². The number of benzene rings is 1. The Balaban J connectivity index is 3.23. The van der Waals surface area contributed by atoms with E-state index in [4.69, 9.17) is 21.1 Å². The van der Waals surface area contributed by atoms with Gasteiger partial charge in [-0.05, 0) is 31.4 Å². The molecule has 1 unspecified atom stereocenters. The highest BCUT2D eigenvalue weighted by atomic mass is 35.5. The average molecular weight is 329 g/mol. The second-order valence-corrected chi connectivity index (χ2v) is 5.50. The number of aromatic carboxylic acids is 1. The number of halogens is 1. The number of hydrogen-bond acceptors (Lipinski definition) is 4. The van der Waals surface area contributed by atoms with Crippen molar-refractivity contribution in [1.82, 2.24) is 0 Å². The third-order valence-corrected chi connectivity index (χ3v) is 3.52. The van der Waals surface area contributed by atoms with Gasteiger partial charge in [0.25, 0.3) is 0 Å². The Morgan fingerprint density at radius 2 is 2.00 bits per heavy atom. The predicted octanol–water partition coefficient (Wildman–Crippen LogP) is 4.55. The lowest BCUT2D eigenvalue weighted by Crippen LogP contribution is -2.15. The maximum absolute atomic E-state index is 11.6. The quantitative estimate of drug-likeness (QED) is 0.587. The first-order chi connectivity index (χ1) is 10.4. The minimum atomic E-state index is -1.08. The van der Waals surface area contributed by atoms with Crippen LogP contribution >= 0.6 is 11.6 Å². The van der Waals surface area contributed by atoms with Crippen LogP contribution in [0.3, 0.4) is 0 Å². The minimum absolute atomic E-state index is 0.0722. The first-order valence-corrected chi connectivity index (χ1v) is 7.67. The highest BCUT2D eigenvalue weighted by Crippen LogP contribution is 2.34. The number of carboxylic acids is 1. The summed E-state index contributed by atoms with van der Waals surface area (Å²) in [6.45, 7) is 5.89. The molecular formula is C16H21ClO5. The predicted molar refractivity (Wildman–Crippen MR) is 83.8 cm³/mol. The van der Waals surface area contributed by atoms with E-state index in [1.165, 1.54) is 12.1 Å². The zero-order chi connectivity index (χ0) is 16.7. The smallest absolute Gasteiger partial charge is 0.478 e. The van der Waals surface area contributed by atoms with Gasteiger partial charge >= 0.3 is 12.1 Å². The Labute approximate surface area is 135 Å². The fourth-order valence-corrected chi connectivity index (χ4v) is 2.50. The summed E-state index contributed by atoms with van der Waals surface area (Å²) in [4.78, 5) is 23.0. The second-order valence-electron chi connectivity index (χ2n) is 5.09. The number of carbonyl (C=O) groups excluding carboxylic acids is 1. The van der Waals surface area contributed by atoms with Crippen molar-refractivity contribution in [2.24, 2.45) is 5.92 Å². The summed E-state index contributed by atoms with van der Waals surface area (Å²) in [5.41, 5.74) is 0.514. The van der Waals surface area contributed by atoms with Crippen LogP contribution in [0.2, 0.25) is 5.02 Å². The van der Waals surface area contributed by atoms with Gasteiger partial charge < -0.3 is 14.6 Å². The van der Waals surface area contributed by atoms with E-state index in [2.05, 4.69) is 6.92 Å². The summed E-state index contributed by atoms with van der Waals surface area (Å²) < 4.78 is 9.87. The Kier molecular flexibility index (Phi) is 7.18. The van der Waals surface area contributed by atoms with Crippen LogP contribution in [-0.2, 0) is 11.2 Å². The standard InChI is InChI=1S/C16H21ClO5/c1-4-6-10(3)9-12-11(15(18)19)7-8-13(17)14(12)22-16(20)21-5-2/h7-8,10H,4-6,9H2,1-3H3,(H,18,19). The third kappa shape index (κ3) is 4.91. The topological polar surface area (TPSA) is 72.8 Å². The molecule has 0 saturated heterocycles. The van der Waals surface area contributed by atoms with Crippen LogP contribution in [-0.4, -0.2) is 23.8 Å². The molecular weight excluding hydrogens is 308 g/mol. The van der Waals surface area contributed by atoms with E-state index in [1.807, 2.05) is 6.92 Å². The van der Waals surface area contributed by atoms with E-state index in [0.29, 0.717) is 12.0 Å². The lowest BCUT2D eigenvalue weighted by molar-refractivity contribution is 0.0693. The normalized spacial score (nSPS) is 11.8. The average Bonchev–Trinajstić information content (AvgIpc) is 2.43. The van der Waals surface area contributed by atoms with Crippen molar-refractivity contribution < 1.29 is 24.2 Å². The second kappa shape index (κ2) is 8.63. The van der Waals surface area contributed by atoms with Crippen molar-refractivity contribution in [3.63, 3.8) is 0 Å². The SMILES string of the molecule is CCCC(C)Cc1c(C(=O)O)ccc(Cl)c1OC(=O)OCC. The van der Waals surface area contributed by atoms with Crippen molar-refractivity contribution in [3.8, 4) is 5.75 Å². The minimum Gasteiger partial charge on any atom is -0.478 e. The molecule has 0 fully saturated rings. The monoisotopic (exact) mass is 328 g/mol. The zero-order valence-corrected chi connectivity index (χ0v) is 13.8. The molecule has 1 aromatic rings. The van der Waals surface area contributed by atoms with Gasteiger partial charge in [0, 0.05) is 5.56 Å². The van der Waals surface area contributed by atoms with Crippen LogP contribution in [0.4, 0.5) is 4.79 Å². The van der Waals surface area contributed by atoms with Gasteiger partial charge in [-0.15, -0.1) is 0 Å². The number of carboxylic acid groups (broad SMARTS) is 1. The molecule has 0 aliphatic heterocycles. The summed E-state index contributed by atoms with van der Waals surface area (Å²) in [5, 5.41) is 9.54. The molecule has 122 valence electrons. The Morgan fingerprint density at radius 3 is 2.55 bits per heavy atom. The highest BCUT2D eigenvalue weighted by Gasteiger charge is 2.22. The molecule has 0 bridgehead atoms. The van der Waals surface area contributed by atoms with Crippen LogP contribution in [0.1, 0.15) is 49.5 Å². The first kappa shape index (κ1) is 18.3. The first-order valence-electron chi connectivity index (χ1n) is 7.29. The van der Waals surface area contributed by atoms with Crippen LogP contribution in [0.15, 0.2) is 12.1 Å².